The van der Waals surface area contributed by atoms with Gasteiger partial charge >= 0.3 is 0 Å². The Kier molecular flexibility index (Phi) is 6.24. The summed E-state index contributed by atoms with van der Waals surface area (Å²) in [7, 11) is 3.56. The van der Waals surface area contributed by atoms with Crippen molar-refractivity contribution in [3.05, 3.63) is 59.0 Å². The first-order chi connectivity index (χ1) is 16.9. The van der Waals surface area contributed by atoms with Crippen LogP contribution >= 0.6 is 11.3 Å². The smallest absolute Gasteiger partial charge is 0.271 e. The summed E-state index contributed by atoms with van der Waals surface area (Å²) in [6.45, 7) is 0.570. The number of anilines is 3. The summed E-state index contributed by atoms with van der Waals surface area (Å²) in [5.41, 5.74) is 4.25. The number of ether oxygens (including phenoxy) is 1. The van der Waals surface area contributed by atoms with E-state index < -0.39 is 6.29 Å². The highest BCUT2D eigenvalue weighted by Gasteiger charge is 2.26. The summed E-state index contributed by atoms with van der Waals surface area (Å²) >= 11 is 1.22. The van der Waals surface area contributed by atoms with E-state index in [1.165, 1.54) is 27.6 Å². The number of nitrogens with one attached hydrogen (secondary N) is 2. The molecule has 35 heavy (non-hydrogen) atoms. The third-order valence-corrected chi connectivity index (χ3v) is 6.42. The number of benzene rings is 1. The number of aromatic nitrogens is 4. The van der Waals surface area contributed by atoms with Crippen molar-refractivity contribution >= 4 is 39.4 Å². The van der Waals surface area contributed by atoms with Crippen LogP contribution in [-0.4, -0.2) is 55.9 Å². The van der Waals surface area contributed by atoms with Gasteiger partial charge in [0.15, 0.2) is 23.4 Å². The highest BCUT2D eigenvalue weighted by atomic mass is 32.1. The molecule has 5 rings (SSSR count). The van der Waals surface area contributed by atoms with E-state index in [1.54, 1.807) is 7.11 Å². The van der Waals surface area contributed by atoms with Crippen molar-refractivity contribution in [2.75, 3.05) is 24.4 Å². The molecule has 1 saturated carbocycles. The molecule has 0 aliphatic heterocycles. The van der Waals surface area contributed by atoms with Crippen molar-refractivity contribution in [1.29, 1.82) is 0 Å². The molecule has 3 heterocycles. The molecule has 0 bridgehead atoms. The summed E-state index contributed by atoms with van der Waals surface area (Å²) < 4.78 is 6.75. The minimum atomic E-state index is -1.72. The predicted molar refractivity (Wildman–Crippen MR) is 131 cm³/mol. The van der Waals surface area contributed by atoms with Gasteiger partial charge in [-0.05, 0) is 30.5 Å². The summed E-state index contributed by atoms with van der Waals surface area (Å²) in [4.78, 5) is 23.4. The molecule has 0 unspecified atom stereocenters. The topological polar surface area (TPSA) is 137 Å². The fourth-order valence-corrected chi connectivity index (χ4v) is 4.39. The van der Waals surface area contributed by atoms with Crippen LogP contribution in [0.5, 0.6) is 5.75 Å². The largest absolute Gasteiger partial charge is 0.497 e. The van der Waals surface area contributed by atoms with Gasteiger partial charge in [0.05, 0.1) is 24.5 Å². The molecule has 1 amide bonds. The highest BCUT2D eigenvalue weighted by Crippen LogP contribution is 2.31. The molecular weight excluding hydrogens is 470 g/mol. The number of carbonyl (C=O) groups excluding carboxylic acids is 1. The summed E-state index contributed by atoms with van der Waals surface area (Å²) in [6.07, 6.45) is 1.73. The first kappa shape index (κ1) is 23.0. The van der Waals surface area contributed by atoms with Gasteiger partial charge in [-0.2, -0.15) is 0 Å². The van der Waals surface area contributed by atoms with Crippen LogP contribution in [-0.2, 0) is 6.54 Å². The molecule has 0 radical (unpaired) electrons. The number of rotatable bonds is 9. The average Bonchev–Trinajstić information content (AvgIpc) is 3.36. The van der Waals surface area contributed by atoms with Crippen LogP contribution in [0.25, 0.3) is 5.65 Å². The van der Waals surface area contributed by atoms with Gasteiger partial charge in [-0.15, -0.1) is 16.4 Å². The van der Waals surface area contributed by atoms with Gasteiger partial charge in [0, 0.05) is 25.7 Å². The molecule has 4 aromatic rings. The Morgan fingerprint density at radius 1 is 1.29 bits per heavy atom. The number of thiazole rings is 1. The molecule has 0 saturated heterocycles. The SMILES string of the molecule is COc1ccc(CN(C)c2cc(Nc3scnc3C(O)O)nn3c(C(=O)NC4CC4)cnc23)cc1. The van der Waals surface area contributed by atoms with Crippen LogP contribution < -0.4 is 20.3 Å². The number of carbonyl (C=O) groups is 1. The van der Waals surface area contributed by atoms with E-state index in [-0.39, 0.29) is 17.6 Å². The molecule has 1 aliphatic carbocycles. The van der Waals surface area contributed by atoms with Crippen LogP contribution in [0.1, 0.15) is 40.9 Å². The zero-order valence-corrected chi connectivity index (χ0v) is 20.0. The number of methoxy groups -OCH3 is 1. The standard InChI is InChI=1S/C23H25N7O4S/c1-29(11-13-3-7-15(34-2)8-4-13)16-9-18(27-22-19(23(32)33)25-12-35-22)28-30-17(10-24-20(16)30)21(31)26-14-5-6-14/h3-4,7-10,12,14,23,32-33H,5-6,11H2,1-2H3,(H,26,31)(H,27,28). The van der Waals surface area contributed by atoms with Gasteiger partial charge in [0.25, 0.3) is 5.91 Å². The zero-order chi connectivity index (χ0) is 24.5. The van der Waals surface area contributed by atoms with E-state index in [0.29, 0.717) is 28.7 Å². The second-order valence-corrected chi connectivity index (χ2v) is 9.17. The third kappa shape index (κ3) is 4.90. The molecule has 0 atom stereocenters. The second-order valence-electron chi connectivity index (χ2n) is 8.31. The van der Waals surface area contributed by atoms with Crippen LogP contribution in [0.15, 0.2) is 42.0 Å². The van der Waals surface area contributed by atoms with E-state index >= 15 is 0 Å². The maximum atomic E-state index is 12.8. The first-order valence-corrected chi connectivity index (χ1v) is 11.9. The Balaban J connectivity index is 1.53. The molecule has 4 N–H and O–H groups in total. The number of hydrogen-bond acceptors (Lipinski definition) is 10. The van der Waals surface area contributed by atoms with E-state index in [1.807, 2.05) is 42.3 Å². The Labute approximate surface area is 205 Å². The highest BCUT2D eigenvalue weighted by molar-refractivity contribution is 7.14. The van der Waals surface area contributed by atoms with Crippen molar-refractivity contribution in [2.24, 2.45) is 0 Å². The van der Waals surface area contributed by atoms with Crippen LogP contribution in [0.4, 0.5) is 16.5 Å². The monoisotopic (exact) mass is 495 g/mol. The zero-order valence-electron chi connectivity index (χ0n) is 19.2. The third-order valence-electron chi connectivity index (χ3n) is 5.66. The lowest BCUT2D eigenvalue weighted by Gasteiger charge is -2.21. The molecule has 11 nitrogen and oxygen atoms in total. The summed E-state index contributed by atoms with van der Waals surface area (Å²) in [5.74, 6) is 0.941. The van der Waals surface area contributed by atoms with Crippen molar-refractivity contribution in [3.63, 3.8) is 0 Å². The summed E-state index contributed by atoms with van der Waals surface area (Å²) in [5, 5.41) is 30.3. The van der Waals surface area contributed by atoms with Crippen LogP contribution in [0.2, 0.25) is 0 Å². The van der Waals surface area contributed by atoms with E-state index in [9.17, 15) is 15.0 Å². The van der Waals surface area contributed by atoms with E-state index in [2.05, 4.69) is 25.7 Å². The van der Waals surface area contributed by atoms with Crippen molar-refractivity contribution in [3.8, 4) is 5.75 Å². The number of aliphatic hydroxyl groups excluding tert-OH is 1. The average molecular weight is 496 g/mol. The predicted octanol–water partition coefficient (Wildman–Crippen LogP) is 2.45. The normalized spacial score (nSPS) is 13.3. The minimum absolute atomic E-state index is 0.0994. The molecule has 1 aromatic carbocycles. The Bertz CT molecular complexity index is 1350. The first-order valence-electron chi connectivity index (χ1n) is 11.0. The number of amides is 1. The second kappa shape index (κ2) is 9.49. The van der Waals surface area contributed by atoms with Crippen molar-refractivity contribution in [1.82, 2.24) is 24.9 Å². The molecule has 12 heteroatoms. The lowest BCUT2D eigenvalue weighted by molar-refractivity contribution is -0.0448. The van der Waals surface area contributed by atoms with Crippen molar-refractivity contribution in [2.45, 2.75) is 31.7 Å². The fraction of sp³-hybridized carbons (Fsp3) is 0.304. The number of nitrogens with zero attached hydrogens (tertiary/aromatic N) is 5. The molecule has 182 valence electrons. The lowest BCUT2D eigenvalue weighted by atomic mass is 10.2. The molecule has 1 aliphatic rings. The molecular formula is C23H25N7O4S. The van der Waals surface area contributed by atoms with Crippen LogP contribution in [0, 0.1) is 0 Å². The van der Waals surface area contributed by atoms with Gasteiger partial charge < -0.3 is 30.5 Å². The van der Waals surface area contributed by atoms with Gasteiger partial charge in [0.2, 0.25) is 0 Å². The van der Waals surface area contributed by atoms with Gasteiger partial charge in [0.1, 0.15) is 16.4 Å². The summed E-state index contributed by atoms with van der Waals surface area (Å²) in [6, 6.07) is 9.77. The molecule has 1 fully saturated rings. The fourth-order valence-electron chi connectivity index (χ4n) is 3.67. The van der Waals surface area contributed by atoms with Crippen LogP contribution in [0.3, 0.4) is 0 Å². The maximum absolute atomic E-state index is 12.8. The maximum Gasteiger partial charge on any atom is 0.271 e. The number of imidazole rings is 1. The Hall–Kier alpha value is -3.74. The molecule has 3 aromatic heterocycles. The van der Waals surface area contributed by atoms with E-state index in [0.717, 1.165) is 29.8 Å². The minimum Gasteiger partial charge on any atom is -0.497 e. The van der Waals surface area contributed by atoms with Gasteiger partial charge in [-0.25, -0.2) is 14.5 Å². The number of fused-ring (bicyclic) bond motifs is 1. The van der Waals surface area contributed by atoms with Crippen molar-refractivity contribution < 1.29 is 19.7 Å². The number of hydrogen-bond donors (Lipinski definition) is 4. The van der Waals surface area contributed by atoms with E-state index in [4.69, 9.17) is 4.74 Å². The Morgan fingerprint density at radius 2 is 2.06 bits per heavy atom. The van der Waals surface area contributed by atoms with Gasteiger partial charge in [-0.1, -0.05) is 12.1 Å². The molecule has 0 spiro atoms. The lowest BCUT2D eigenvalue weighted by Crippen LogP contribution is -2.27. The number of aliphatic hydroxyl groups is 2. The quantitative estimate of drug-likeness (QED) is 0.258. The Morgan fingerprint density at radius 3 is 2.74 bits per heavy atom. The van der Waals surface area contributed by atoms with Gasteiger partial charge in [-0.3, -0.25) is 4.79 Å².